The molecule has 0 saturated carbocycles. The lowest BCUT2D eigenvalue weighted by atomic mass is 10.1. The molecule has 120 valence electrons. The van der Waals surface area contributed by atoms with Crippen molar-refractivity contribution in [3.63, 3.8) is 0 Å². The Labute approximate surface area is 138 Å². The summed E-state index contributed by atoms with van der Waals surface area (Å²) in [5.41, 5.74) is 3.11. The van der Waals surface area contributed by atoms with Crippen molar-refractivity contribution in [2.75, 3.05) is 12.9 Å². The fourth-order valence-electron chi connectivity index (χ4n) is 2.66. The summed E-state index contributed by atoms with van der Waals surface area (Å²) < 4.78 is 22.8. The Balaban J connectivity index is 1.54. The summed E-state index contributed by atoms with van der Waals surface area (Å²) in [6.45, 7) is 1.30. The highest BCUT2D eigenvalue weighted by atomic mass is 32.2. The molecule has 1 atom stereocenters. The van der Waals surface area contributed by atoms with Crippen molar-refractivity contribution >= 4 is 15.8 Å². The van der Waals surface area contributed by atoms with Crippen molar-refractivity contribution in [1.29, 1.82) is 0 Å². The average molecular weight is 327 g/mol. The second-order valence-corrected chi connectivity index (χ2v) is 7.94. The van der Waals surface area contributed by atoms with E-state index >= 15 is 0 Å². The van der Waals surface area contributed by atoms with Crippen LogP contribution >= 0.6 is 0 Å². The highest BCUT2D eigenvalue weighted by Gasteiger charge is 2.16. The number of fused-ring (bicyclic) bond motifs is 1. The zero-order valence-corrected chi connectivity index (χ0v) is 14.1. The second-order valence-electron chi connectivity index (χ2n) is 5.71. The fourth-order valence-corrected chi connectivity index (χ4v) is 4.25. The molecule has 0 N–H and O–H groups in total. The normalized spacial score (nSPS) is 19.6. The standard InChI is InChI=1S/C19H21NO2S/c1-23(21)19-12-6-5-10-17(19)14-18(20-23)11-7-13-22-15-16-8-3-2-4-9-16/h2-6,8-10,12,14H,7,11,13,15H2,1H3. The fraction of sp³-hybridized carbons (Fsp3) is 0.263. The smallest absolute Gasteiger partial charge is 0.0774 e. The first-order valence-corrected chi connectivity index (χ1v) is 9.71. The van der Waals surface area contributed by atoms with Gasteiger partial charge in [0.15, 0.2) is 0 Å². The van der Waals surface area contributed by atoms with Crippen LogP contribution in [0.4, 0.5) is 0 Å². The lowest BCUT2D eigenvalue weighted by molar-refractivity contribution is 0.118. The molecule has 0 radical (unpaired) electrons. The first-order valence-electron chi connectivity index (χ1n) is 7.79. The van der Waals surface area contributed by atoms with Gasteiger partial charge in [-0.15, -0.1) is 0 Å². The maximum absolute atomic E-state index is 12.7. The molecule has 0 bridgehead atoms. The van der Waals surface area contributed by atoms with E-state index in [1.807, 2.05) is 48.5 Å². The van der Waals surface area contributed by atoms with Crippen molar-refractivity contribution in [2.45, 2.75) is 24.3 Å². The highest BCUT2D eigenvalue weighted by molar-refractivity contribution is 7.93. The highest BCUT2D eigenvalue weighted by Crippen LogP contribution is 2.28. The molecule has 4 heteroatoms. The quantitative estimate of drug-likeness (QED) is 0.733. The van der Waals surface area contributed by atoms with Crippen molar-refractivity contribution in [3.8, 4) is 0 Å². The van der Waals surface area contributed by atoms with E-state index in [9.17, 15) is 4.21 Å². The summed E-state index contributed by atoms with van der Waals surface area (Å²) in [6.07, 6.45) is 5.41. The lowest BCUT2D eigenvalue weighted by Gasteiger charge is -2.15. The molecule has 23 heavy (non-hydrogen) atoms. The molecule has 0 aromatic heterocycles. The first kappa shape index (κ1) is 16.0. The van der Waals surface area contributed by atoms with Gasteiger partial charge in [0.2, 0.25) is 0 Å². The van der Waals surface area contributed by atoms with Crippen LogP contribution in [0.1, 0.15) is 24.0 Å². The minimum absolute atomic E-state index is 0.629. The molecular formula is C19H21NO2S. The lowest BCUT2D eigenvalue weighted by Crippen LogP contribution is -2.05. The van der Waals surface area contributed by atoms with E-state index in [-0.39, 0.29) is 0 Å². The van der Waals surface area contributed by atoms with Crippen LogP contribution in [0.3, 0.4) is 0 Å². The maximum atomic E-state index is 12.7. The van der Waals surface area contributed by atoms with E-state index in [1.54, 1.807) is 6.26 Å². The van der Waals surface area contributed by atoms with Crippen LogP contribution in [0.5, 0.6) is 0 Å². The summed E-state index contributed by atoms with van der Waals surface area (Å²) in [4.78, 5) is 0.837. The van der Waals surface area contributed by atoms with Crippen LogP contribution in [0.15, 0.2) is 69.6 Å². The molecule has 1 aliphatic heterocycles. The predicted molar refractivity (Wildman–Crippen MR) is 94.5 cm³/mol. The maximum Gasteiger partial charge on any atom is 0.0774 e. The van der Waals surface area contributed by atoms with Gasteiger partial charge < -0.3 is 4.74 Å². The zero-order valence-electron chi connectivity index (χ0n) is 13.3. The van der Waals surface area contributed by atoms with Crippen LogP contribution in [0.25, 0.3) is 6.08 Å². The van der Waals surface area contributed by atoms with Crippen LogP contribution in [-0.2, 0) is 21.1 Å². The molecule has 0 amide bonds. The molecule has 0 fully saturated rings. The van der Waals surface area contributed by atoms with E-state index in [1.165, 1.54) is 5.56 Å². The molecule has 2 aromatic carbocycles. The number of ether oxygens (including phenoxy) is 1. The van der Waals surface area contributed by atoms with Gasteiger partial charge in [0, 0.05) is 12.9 Å². The van der Waals surface area contributed by atoms with Crippen molar-refractivity contribution < 1.29 is 8.95 Å². The van der Waals surface area contributed by atoms with E-state index in [4.69, 9.17) is 4.74 Å². The summed E-state index contributed by atoms with van der Waals surface area (Å²) in [5.74, 6) is 0. The molecule has 1 heterocycles. The minimum atomic E-state index is -2.31. The minimum Gasteiger partial charge on any atom is -0.377 e. The summed E-state index contributed by atoms with van der Waals surface area (Å²) in [6, 6.07) is 17.9. The Bertz CT molecular complexity index is 818. The molecule has 0 aliphatic carbocycles. The third kappa shape index (κ3) is 4.09. The van der Waals surface area contributed by atoms with Gasteiger partial charge in [0.25, 0.3) is 0 Å². The molecule has 2 aromatic rings. The largest absolute Gasteiger partial charge is 0.377 e. The van der Waals surface area contributed by atoms with Gasteiger partial charge in [-0.05, 0) is 36.1 Å². The zero-order chi connectivity index (χ0) is 16.1. The predicted octanol–water partition coefficient (Wildman–Crippen LogP) is 4.49. The molecule has 3 nitrogen and oxygen atoms in total. The van der Waals surface area contributed by atoms with Crippen molar-refractivity contribution in [2.24, 2.45) is 4.36 Å². The Hall–Kier alpha value is -1.91. The van der Waals surface area contributed by atoms with E-state index in [0.29, 0.717) is 13.2 Å². The van der Waals surface area contributed by atoms with Gasteiger partial charge in [-0.2, -0.15) is 4.36 Å². The summed E-state index contributed by atoms with van der Waals surface area (Å²) in [7, 11) is -2.31. The van der Waals surface area contributed by atoms with Crippen LogP contribution in [0, 0.1) is 0 Å². The van der Waals surface area contributed by atoms with Gasteiger partial charge in [-0.25, -0.2) is 4.21 Å². The van der Waals surface area contributed by atoms with Gasteiger partial charge >= 0.3 is 0 Å². The number of hydrogen-bond acceptors (Lipinski definition) is 3. The van der Waals surface area contributed by atoms with Gasteiger partial charge in [-0.1, -0.05) is 48.5 Å². The Morgan fingerprint density at radius 2 is 1.78 bits per heavy atom. The van der Waals surface area contributed by atoms with Crippen molar-refractivity contribution in [3.05, 3.63) is 71.4 Å². The number of nitrogens with zero attached hydrogens (tertiary/aromatic N) is 1. The first-order chi connectivity index (χ1) is 11.1. The summed E-state index contributed by atoms with van der Waals surface area (Å²) >= 11 is 0. The summed E-state index contributed by atoms with van der Waals surface area (Å²) in [5, 5.41) is 0. The van der Waals surface area contributed by atoms with E-state index < -0.39 is 9.73 Å². The average Bonchev–Trinajstić information content (AvgIpc) is 2.55. The molecule has 1 aliphatic rings. The van der Waals surface area contributed by atoms with Gasteiger partial charge in [0.05, 0.1) is 26.9 Å². The molecule has 1 unspecified atom stereocenters. The monoisotopic (exact) mass is 327 g/mol. The number of benzene rings is 2. The van der Waals surface area contributed by atoms with E-state index in [0.717, 1.165) is 29.0 Å². The van der Waals surface area contributed by atoms with E-state index in [2.05, 4.69) is 16.5 Å². The molecule has 0 saturated heterocycles. The third-order valence-corrected chi connectivity index (χ3v) is 5.54. The van der Waals surface area contributed by atoms with Crippen LogP contribution in [0.2, 0.25) is 0 Å². The number of hydrogen-bond donors (Lipinski definition) is 0. The van der Waals surface area contributed by atoms with Crippen molar-refractivity contribution in [1.82, 2.24) is 0 Å². The van der Waals surface area contributed by atoms with Crippen LogP contribution in [-0.4, -0.2) is 17.1 Å². The van der Waals surface area contributed by atoms with Crippen LogP contribution < -0.4 is 0 Å². The molecule has 3 rings (SSSR count). The second kappa shape index (κ2) is 7.11. The number of allylic oxidation sites excluding steroid dienone is 1. The Kier molecular flexibility index (Phi) is 4.94. The number of rotatable bonds is 6. The SMILES string of the molecule is CS1(=O)=NC(CCCOCc2ccccc2)=Cc2ccccc21. The Morgan fingerprint density at radius 3 is 2.61 bits per heavy atom. The van der Waals surface area contributed by atoms with Gasteiger partial charge in [-0.3, -0.25) is 0 Å². The Morgan fingerprint density at radius 1 is 1.04 bits per heavy atom. The molecule has 0 spiro atoms. The molecular weight excluding hydrogens is 306 g/mol. The van der Waals surface area contributed by atoms with Gasteiger partial charge in [0.1, 0.15) is 0 Å². The third-order valence-electron chi connectivity index (χ3n) is 3.77. The topological polar surface area (TPSA) is 38.7 Å².